The highest BCUT2D eigenvalue weighted by atomic mass is 19.4. The van der Waals surface area contributed by atoms with Crippen LogP contribution in [0.15, 0.2) is 65.1 Å². The number of methoxy groups -OCH3 is 1. The minimum Gasteiger partial charge on any atom is -0.497 e. The zero-order chi connectivity index (χ0) is 21.5. The number of nitrogens with two attached hydrogens (primary N) is 1. The van der Waals surface area contributed by atoms with Crippen molar-refractivity contribution in [2.24, 2.45) is 0 Å². The minimum absolute atomic E-state index is 0.0626. The molecule has 8 heteroatoms. The molecule has 5 nitrogen and oxygen atoms in total. The first-order valence-corrected chi connectivity index (χ1v) is 8.84. The number of alkyl halides is 3. The van der Waals surface area contributed by atoms with Crippen LogP contribution in [-0.2, 0) is 6.18 Å². The number of halogens is 3. The summed E-state index contributed by atoms with van der Waals surface area (Å²) in [5.74, 6) is -0.515. The molecular formula is C22H15F3N2O3. The molecule has 2 aromatic carbocycles. The lowest BCUT2D eigenvalue weighted by atomic mass is 10.0. The Kier molecular flexibility index (Phi) is 4.69. The number of benzene rings is 2. The third-order valence-electron chi connectivity index (χ3n) is 4.63. The lowest BCUT2D eigenvalue weighted by molar-refractivity contribution is -0.136. The van der Waals surface area contributed by atoms with Gasteiger partial charge in [0.05, 0.1) is 29.4 Å². The van der Waals surface area contributed by atoms with E-state index in [2.05, 4.69) is 4.98 Å². The number of anilines is 1. The van der Waals surface area contributed by atoms with Crippen molar-refractivity contribution in [2.75, 3.05) is 12.8 Å². The van der Waals surface area contributed by atoms with E-state index in [0.29, 0.717) is 11.3 Å². The monoisotopic (exact) mass is 412 g/mol. The van der Waals surface area contributed by atoms with E-state index < -0.39 is 34.4 Å². The second kappa shape index (κ2) is 7.22. The summed E-state index contributed by atoms with van der Waals surface area (Å²) in [4.78, 5) is 17.0. The number of hydrogen-bond acceptors (Lipinski definition) is 5. The maximum atomic E-state index is 13.8. The van der Waals surface area contributed by atoms with Gasteiger partial charge in [-0.15, -0.1) is 0 Å². The van der Waals surface area contributed by atoms with Gasteiger partial charge in [-0.1, -0.05) is 30.3 Å². The molecule has 0 saturated heterocycles. The van der Waals surface area contributed by atoms with E-state index in [0.717, 1.165) is 6.07 Å². The van der Waals surface area contributed by atoms with Crippen LogP contribution in [0.2, 0.25) is 0 Å². The van der Waals surface area contributed by atoms with Gasteiger partial charge in [0.15, 0.2) is 0 Å². The van der Waals surface area contributed by atoms with E-state index in [-0.39, 0.29) is 17.0 Å². The third-order valence-corrected chi connectivity index (χ3v) is 4.63. The van der Waals surface area contributed by atoms with E-state index in [4.69, 9.17) is 14.9 Å². The summed E-state index contributed by atoms with van der Waals surface area (Å²) in [6.07, 6.45) is -4.72. The van der Waals surface area contributed by atoms with Crippen molar-refractivity contribution in [3.63, 3.8) is 0 Å². The maximum Gasteiger partial charge on any atom is 0.417 e. The van der Waals surface area contributed by atoms with Crippen molar-refractivity contribution in [3.8, 4) is 17.0 Å². The van der Waals surface area contributed by atoms with E-state index in [1.165, 1.54) is 19.2 Å². The Hall–Kier alpha value is -3.81. The van der Waals surface area contributed by atoms with Crippen LogP contribution in [0.4, 0.5) is 18.9 Å². The molecule has 0 fully saturated rings. The molecule has 0 aliphatic carbocycles. The first-order valence-electron chi connectivity index (χ1n) is 8.84. The van der Waals surface area contributed by atoms with Gasteiger partial charge in [-0.2, -0.15) is 13.2 Å². The van der Waals surface area contributed by atoms with Crippen LogP contribution in [0.25, 0.3) is 22.4 Å². The molecule has 152 valence electrons. The smallest absolute Gasteiger partial charge is 0.417 e. The summed E-state index contributed by atoms with van der Waals surface area (Å²) < 4.78 is 51.9. The summed E-state index contributed by atoms with van der Waals surface area (Å²) in [6.45, 7) is 0. The molecule has 0 aliphatic heterocycles. The summed E-state index contributed by atoms with van der Waals surface area (Å²) in [5.41, 5.74) is 4.91. The predicted octanol–water partition coefficient (Wildman–Crippen LogP) is 5.34. The highest BCUT2D eigenvalue weighted by Gasteiger charge is 2.37. The van der Waals surface area contributed by atoms with Gasteiger partial charge in [0.1, 0.15) is 5.75 Å². The number of pyridine rings is 1. The molecule has 0 radical (unpaired) electrons. The fourth-order valence-corrected chi connectivity index (χ4v) is 3.14. The molecule has 0 saturated carbocycles. The Balaban J connectivity index is 1.91. The quantitative estimate of drug-likeness (QED) is 0.458. The number of hydrogen-bond donors (Lipinski definition) is 1. The van der Waals surface area contributed by atoms with E-state index >= 15 is 0 Å². The average Bonchev–Trinajstić information content (AvgIpc) is 3.09. The standard InChI is InChI=1S/C22H15F3N2O3/c1-29-14-9-7-13(8-10-14)19(28)20-18(26)17-15(22(23,24)25)11-16(27-21(17)30-20)12-5-3-2-4-6-12/h2-11H,26H2,1H3. The lowest BCUT2D eigenvalue weighted by Crippen LogP contribution is -2.08. The van der Waals surface area contributed by atoms with E-state index in [1.54, 1.807) is 42.5 Å². The molecule has 2 N–H and O–H groups in total. The first kappa shape index (κ1) is 19.5. The number of nitrogens with zero attached hydrogens (tertiary/aromatic N) is 1. The van der Waals surface area contributed by atoms with Gasteiger partial charge >= 0.3 is 6.18 Å². The molecule has 0 aliphatic rings. The molecule has 4 rings (SSSR count). The molecule has 0 bridgehead atoms. The van der Waals surface area contributed by atoms with Gasteiger partial charge in [-0.05, 0) is 30.3 Å². The molecule has 2 heterocycles. The summed E-state index contributed by atoms with van der Waals surface area (Å²) >= 11 is 0. The molecular weight excluding hydrogens is 397 g/mol. The van der Waals surface area contributed by atoms with E-state index in [1.807, 2.05) is 0 Å². The van der Waals surface area contributed by atoms with Crippen molar-refractivity contribution < 1.29 is 27.1 Å². The van der Waals surface area contributed by atoms with Crippen molar-refractivity contribution in [3.05, 3.63) is 77.6 Å². The van der Waals surface area contributed by atoms with Crippen LogP contribution in [0.3, 0.4) is 0 Å². The molecule has 4 aromatic rings. The Labute approximate surface area is 168 Å². The number of carbonyl (C=O) groups is 1. The van der Waals surface area contributed by atoms with Crippen LogP contribution in [0.1, 0.15) is 21.7 Å². The zero-order valence-electron chi connectivity index (χ0n) is 15.7. The van der Waals surface area contributed by atoms with Crippen LogP contribution >= 0.6 is 0 Å². The van der Waals surface area contributed by atoms with Crippen LogP contribution in [0.5, 0.6) is 5.75 Å². The fourth-order valence-electron chi connectivity index (χ4n) is 3.14. The Morgan fingerprint density at radius 3 is 2.33 bits per heavy atom. The number of carbonyl (C=O) groups excluding carboxylic acids is 1. The number of nitrogen functional groups attached to an aromatic ring is 1. The largest absolute Gasteiger partial charge is 0.497 e. The van der Waals surface area contributed by atoms with E-state index in [9.17, 15) is 18.0 Å². The summed E-state index contributed by atoms with van der Waals surface area (Å²) in [7, 11) is 1.47. The van der Waals surface area contributed by atoms with Gasteiger partial charge in [0.2, 0.25) is 17.3 Å². The zero-order valence-corrected chi connectivity index (χ0v) is 15.7. The number of rotatable bonds is 4. The Morgan fingerprint density at radius 1 is 1.07 bits per heavy atom. The van der Waals surface area contributed by atoms with Crippen LogP contribution in [0, 0.1) is 0 Å². The van der Waals surface area contributed by atoms with Gasteiger partial charge in [-0.3, -0.25) is 4.79 Å². The van der Waals surface area contributed by atoms with Crippen molar-refractivity contribution in [1.29, 1.82) is 0 Å². The topological polar surface area (TPSA) is 78.3 Å². The number of ether oxygens (including phenoxy) is 1. The average molecular weight is 412 g/mol. The molecule has 0 spiro atoms. The fraction of sp³-hybridized carbons (Fsp3) is 0.0909. The second-order valence-electron chi connectivity index (χ2n) is 6.50. The lowest BCUT2D eigenvalue weighted by Gasteiger charge is -2.10. The van der Waals surface area contributed by atoms with Crippen molar-refractivity contribution in [2.45, 2.75) is 6.18 Å². The number of furan rings is 1. The third kappa shape index (κ3) is 3.36. The molecule has 0 unspecified atom stereocenters. The number of fused-ring (bicyclic) bond motifs is 1. The summed E-state index contributed by atoms with van der Waals surface area (Å²) in [5, 5.41) is -0.431. The predicted molar refractivity (Wildman–Crippen MR) is 105 cm³/mol. The Bertz CT molecular complexity index is 1230. The van der Waals surface area contributed by atoms with Crippen LogP contribution < -0.4 is 10.5 Å². The van der Waals surface area contributed by atoms with Gasteiger partial charge in [0.25, 0.3) is 0 Å². The van der Waals surface area contributed by atoms with Crippen molar-refractivity contribution in [1.82, 2.24) is 4.98 Å². The van der Waals surface area contributed by atoms with Gasteiger partial charge in [-0.25, -0.2) is 4.98 Å². The summed E-state index contributed by atoms with van der Waals surface area (Å²) in [6, 6.07) is 15.3. The number of aromatic nitrogens is 1. The normalized spacial score (nSPS) is 11.6. The second-order valence-corrected chi connectivity index (χ2v) is 6.50. The molecule has 30 heavy (non-hydrogen) atoms. The highest BCUT2D eigenvalue weighted by molar-refractivity contribution is 6.14. The first-order chi connectivity index (χ1) is 14.3. The molecule has 2 aromatic heterocycles. The highest BCUT2D eigenvalue weighted by Crippen LogP contribution is 2.41. The van der Waals surface area contributed by atoms with Gasteiger partial charge in [0, 0.05) is 11.1 Å². The van der Waals surface area contributed by atoms with Crippen LogP contribution in [-0.4, -0.2) is 17.9 Å². The SMILES string of the molecule is COc1ccc(C(=O)c2oc3nc(-c4ccccc4)cc(C(F)(F)F)c3c2N)cc1. The molecule has 0 amide bonds. The van der Waals surface area contributed by atoms with Crippen molar-refractivity contribution >= 4 is 22.6 Å². The molecule has 0 atom stereocenters. The minimum atomic E-state index is -4.72. The maximum absolute atomic E-state index is 13.8. The Morgan fingerprint density at radius 2 is 1.73 bits per heavy atom. The number of ketones is 1. The van der Waals surface area contributed by atoms with Gasteiger partial charge < -0.3 is 14.9 Å².